The van der Waals surface area contributed by atoms with Crippen molar-refractivity contribution in [1.82, 2.24) is 10.3 Å². The average Bonchev–Trinajstić information content (AvgIpc) is 2.89. The Hall–Kier alpha value is -3.34. The molecule has 0 aliphatic carbocycles. The van der Waals surface area contributed by atoms with Crippen molar-refractivity contribution in [2.45, 2.75) is 19.4 Å². The first-order valence-electron chi connectivity index (χ1n) is 9.71. The number of amides is 2. The average molecular weight is 465 g/mol. The predicted octanol–water partition coefficient (Wildman–Crippen LogP) is 2.55. The molecule has 1 aliphatic rings. The molecule has 32 heavy (non-hydrogen) atoms. The van der Waals surface area contributed by atoms with Crippen LogP contribution in [0.25, 0.3) is 0 Å². The molecule has 2 amide bonds. The number of carbonyl (C=O) groups excluding carboxylic acids is 1. The Labute approximate surface area is 186 Å². The monoisotopic (exact) mass is 464 g/mol. The second-order valence-electron chi connectivity index (χ2n) is 7.30. The lowest BCUT2D eigenvalue weighted by Crippen LogP contribution is -2.41. The summed E-state index contributed by atoms with van der Waals surface area (Å²) in [7, 11) is 0.879. The number of carbonyl (C=O) groups is 1. The van der Waals surface area contributed by atoms with Crippen molar-refractivity contribution >= 4 is 27.5 Å². The Morgan fingerprint density at radius 2 is 1.88 bits per heavy atom. The number of ether oxygens (including phenoxy) is 2. The highest BCUT2D eigenvalue weighted by Crippen LogP contribution is 2.39. The first kappa shape index (κ1) is 23.3. The van der Waals surface area contributed by atoms with E-state index in [9.17, 15) is 13.2 Å². The molecule has 0 bridgehead atoms. The number of urea groups is 1. The number of anilines is 1. The van der Waals surface area contributed by atoms with E-state index in [0.29, 0.717) is 22.4 Å². The molecule has 1 heterocycles. The maximum atomic E-state index is 15.2. The van der Waals surface area contributed by atoms with Crippen LogP contribution in [0.1, 0.15) is 23.6 Å². The fraction of sp³-hybridized carbons (Fsp3) is 0.333. The molecule has 0 radical (unpaired) electrons. The van der Waals surface area contributed by atoms with Crippen molar-refractivity contribution in [1.29, 1.82) is 0 Å². The molecular formula is C21H25FN4O5S. The van der Waals surface area contributed by atoms with E-state index in [2.05, 4.69) is 15.1 Å². The summed E-state index contributed by atoms with van der Waals surface area (Å²) < 4.78 is 51.5. The van der Waals surface area contributed by atoms with Gasteiger partial charge < -0.3 is 14.8 Å². The molecule has 0 fully saturated rings. The predicted molar refractivity (Wildman–Crippen MR) is 120 cm³/mol. The van der Waals surface area contributed by atoms with E-state index >= 15 is 4.39 Å². The van der Waals surface area contributed by atoms with Crippen LogP contribution in [-0.2, 0) is 16.4 Å². The van der Waals surface area contributed by atoms with Gasteiger partial charge >= 0.3 is 6.03 Å². The van der Waals surface area contributed by atoms with Crippen molar-refractivity contribution < 1.29 is 27.1 Å². The van der Waals surface area contributed by atoms with Crippen LogP contribution in [0.4, 0.5) is 14.9 Å². The lowest BCUT2D eigenvalue weighted by Gasteiger charge is -2.22. The van der Waals surface area contributed by atoms with E-state index in [1.807, 2.05) is 0 Å². The van der Waals surface area contributed by atoms with Crippen LogP contribution < -0.4 is 19.5 Å². The molecule has 0 spiro atoms. The summed E-state index contributed by atoms with van der Waals surface area (Å²) in [4.78, 5) is 12.5. The van der Waals surface area contributed by atoms with Crippen LogP contribution in [-0.4, -0.2) is 58.7 Å². The summed E-state index contributed by atoms with van der Waals surface area (Å²) in [5.74, 6) is -0.0360. The van der Waals surface area contributed by atoms with Gasteiger partial charge in [-0.1, -0.05) is 12.1 Å². The molecule has 1 unspecified atom stereocenters. The smallest absolute Gasteiger partial charge is 0.337 e. The number of sulfonamides is 1. The summed E-state index contributed by atoms with van der Waals surface area (Å²) in [6.07, 6.45) is 1.24. The van der Waals surface area contributed by atoms with Crippen LogP contribution in [0, 0.1) is 5.82 Å². The molecule has 2 N–H and O–H groups in total. The Balaban J connectivity index is 2.27. The minimum absolute atomic E-state index is 0.188. The maximum absolute atomic E-state index is 15.2. The summed E-state index contributed by atoms with van der Waals surface area (Å²) >= 11 is 0. The topological polar surface area (TPSA) is 109 Å². The second-order valence-corrected chi connectivity index (χ2v) is 9.05. The zero-order chi connectivity index (χ0) is 23.6. The summed E-state index contributed by atoms with van der Waals surface area (Å²) in [6, 6.07) is 6.71. The number of benzene rings is 2. The maximum Gasteiger partial charge on any atom is 0.337 e. The first-order valence-corrected chi connectivity index (χ1v) is 11.6. The molecule has 0 aromatic heterocycles. The summed E-state index contributed by atoms with van der Waals surface area (Å²) in [5, 5.41) is 8.36. The minimum atomic E-state index is -3.45. The van der Waals surface area contributed by atoms with E-state index in [1.165, 1.54) is 32.3 Å². The summed E-state index contributed by atoms with van der Waals surface area (Å²) in [6.45, 7) is 1.76. The van der Waals surface area contributed by atoms with Gasteiger partial charge in [-0.3, -0.25) is 4.72 Å². The highest BCUT2D eigenvalue weighted by Gasteiger charge is 2.32. The number of halogens is 1. The van der Waals surface area contributed by atoms with Crippen LogP contribution >= 0.6 is 0 Å². The Morgan fingerprint density at radius 1 is 1.22 bits per heavy atom. The van der Waals surface area contributed by atoms with Crippen LogP contribution in [0.5, 0.6) is 11.5 Å². The van der Waals surface area contributed by atoms with Crippen LogP contribution in [0.15, 0.2) is 35.4 Å². The van der Waals surface area contributed by atoms with Gasteiger partial charge in [0, 0.05) is 29.9 Å². The lowest BCUT2D eigenvalue weighted by atomic mass is 9.92. The van der Waals surface area contributed by atoms with E-state index in [4.69, 9.17) is 9.47 Å². The van der Waals surface area contributed by atoms with Crippen molar-refractivity contribution in [3.8, 4) is 11.5 Å². The lowest BCUT2D eigenvalue weighted by molar-refractivity contribution is 0.184. The number of hydrogen-bond acceptors (Lipinski definition) is 6. The fourth-order valence-corrected chi connectivity index (χ4v) is 4.13. The van der Waals surface area contributed by atoms with Gasteiger partial charge in [0.1, 0.15) is 11.5 Å². The molecule has 1 aliphatic heterocycles. The number of rotatable bonds is 5. The fourth-order valence-electron chi connectivity index (χ4n) is 3.56. The number of nitrogens with zero attached hydrogens (tertiary/aromatic N) is 2. The zero-order valence-corrected chi connectivity index (χ0v) is 19.2. The molecule has 2 aromatic rings. The highest BCUT2D eigenvalue weighted by molar-refractivity contribution is 7.92. The van der Waals surface area contributed by atoms with Gasteiger partial charge in [0.2, 0.25) is 10.0 Å². The number of hydrazone groups is 1. The molecular weight excluding hydrogens is 439 g/mol. The quantitative estimate of drug-likeness (QED) is 0.707. The van der Waals surface area contributed by atoms with E-state index < -0.39 is 27.9 Å². The van der Waals surface area contributed by atoms with Gasteiger partial charge in [-0.2, -0.15) is 5.10 Å². The van der Waals surface area contributed by atoms with Crippen molar-refractivity contribution in [2.75, 3.05) is 32.2 Å². The third kappa shape index (κ3) is 4.62. The zero-order valence-electron chi connectivity index (χ0n) is 18.4. The van der Waals surface area contributed by atoms with Gasteiger partial charge in [-0.15, -0.1) is 0 Å². The largest absolute Gasteiger partial charge is 0.493 e. The highest BCUT2D eigenvalue weighted by atomic mass is 32.2. The molecule has 2 aromatic carbocycles. The molecule has 0 saturated carbocycles. The molecule has 1 atom stereocenters. The van der Waals surface area contributed by atoms with E-state index in [-0.39, 0.29) is 23.6 Å². The summed E-state index contributed by atoms with van der Waals surface area (Å²) in [5.41, 5.74) is 1.86. The molecule has 3 rings (SSSR count). The van der Waals surface area contributed by atoms with Gasteiger partial charge in [0.15, 0.2) is 11.5 Å². The molecule has 0 saturated heterocycles. The Morgan fingerprint density at radius 3 is 2.41 bits per heavy atom. The second kappa shape index (κ2) is 9.03. The number of nitrogens with one attached hydrogen (secondary N) is 2. The molecule has 172 valence electrons. The van der Waals surface area contributed by atoms with E-state index in [0.717, 1.165) is 6.26 Å². The van der Waals surface area contributed by atoms with Gasteiger partial charge in [-0.25, -0.2) is 22.6 Å². The number of hydrogen-bond donors (Lipinski definition) is 2. The van der Waals surface area contributed by atoms with E-state index in [1.54, 1.807) is 31.2 Å². The molecule has 9 nitrogen and oxygen atoms in total. The Bertz CT molecular complexity index is 1170. The standard InChI is InChI=1S/C21H25FN4O5S/c1-12-10-15-16(22)11-17(30-3)20(31-4)18(15)19(24-26(12)21(27)23-2)13-6-8-14(9-7-13)25-32(5,28)29/h6-9,11-12,25H,10H2,1-5H3,(H,23,27). The third-order valence-electron chi connectivity index (χ3n) is 4.97. The normalized spacial score (nSPS) is 15.9. The molecule has 11 heteroatoms. The number of fused-ring (bicyclic) bond motifs is 1. The van der Waals surface area contributed by atoms with Gasteiger partial charge in [0.05, 0.1) is 32.1 Å². The van der Waals surface area contributed by atoms with Crippen molar-refractivity contribution in [3.63, 3.8) is 0 Å². The van der Waals surface area contributed by atoms with Gasteiger partial charge in [0.25, 0.3) is 0 Å². The SMILES string of the molecule is CNC(=O)N1N=C(c2ccc(NS(C)(=O)=O)cc2)c2c(c(F)cc(OC)c2OC)CC1C. The number of methoxy groups -OCH3 is 2. The van der Waals surface area contributed by atoms with Crippen molar-refractivity contribution in [3.05, 3.63) is 52.8 Å². The van der Waals surface area contributed by atoms with Gasteiger partial charge in [-0.05, 0) is 25.5 Å². The van der Waals surface area contributed by atoms with Crippen molar-refractivity contribution in [2.24, 2.45) is 5.10 Å². The van der Waals surface area contributed by atoms with Crippen LogP contribution in [0.2, 0.25) is 0 Å². The Kier molecular flexibility index (Phi) is 6.58. The van der Waals surface area contributed by atoms with Crippen LogP contribution in [0.3, 0.4) is 0 Å². The first-order chi connectivity index (χ1) is 15.1. The third-order valence-corrected chi connectivity index (χ3v) is 5.57. The minimum Gasteiger partial charge on any atom is -0.493 e.